The van der Waals surface area contributed by atoms with Crippen LogP contribution >= 0.6 is 0 Å². The number of likely N-dealkylation sites (N-methyl/N-ethyl adjacent to an activating group) is 1. The zero-order valence-electron chi connectivity index (χ0n) is 7.90. The summed E-state index contributed by atoms with van der Waals surface area (Å²) in [5, 5.41) is 0. The smallest absolute Gasteiger partial charge is 0.161 e. The van der Waals surface area contributed by atoms with Gasteiger partial charge in [0.05, 0.1) is 6.42 Å². The van der Waals surface area contributed by atoms with Crippen LogP contribution in [0.25, 0.3) is 5.57 Å². The van der Waals surface area contributed by atoms with Crippen molar-refractivity contribution in [1.82, 2.24) is 0 Å². The molecule has 66 valence electrons. The molecule has 0 aromatic heterocycles. The van der Waals surface area contributed by atoms with E-state index in [1.807, 2.05) is 0 Å². The highest BCUT2D eigenvalue weighted by Crippen LogP contribution is 2.18. The third-order valence-corrected chi connectivity index (χ3v) is 2.39. The van der Waals surface area contributed by atoms with Gasteiger partial charge in [0.25, 0.3) is 0 Å². The number of allylic oxidation sites excluding steroid dienone is 1. The van der Waals surface area contributed by atoms with Gasteiger partial charge in [0.15, 0.2) is 6.54 Å². The lowest BCUT2D eigenvalue weighted by Gasteiger charge is -2.07. The van der Waals surface area contributed by atoms with Crippen LogP contribution in [0, 0.1) is 0 Å². The van der Waals surface area contributed by atoms with Crippen molar-refractivity contribution in [3.63, 3.8) is 0 Å². The van der Waals surface area contributed by atoms with Gasteiger partial charge in [-0.2, -0.15) is 0 Å². The Balaban J connectivity index is 2.21. The molecule has 1 aliphatic rings. The van der Waals surface area contributed by atoms with Crippen LogP contribution in [0.3, 0.4) is 0 Å². The Hall–Kier alpha value is -1.37. The molecule has 13 heavy (non-hydrogen) atoms. The summed E-state index contributed by atoms with van der Waals surface area (Å²) in [6, 6.07) is 10.6. The van der Waals surface area contributed by atoms with Crippen LogP contribution in [0.2, 0.25) is 0 Å². The first kappa shape index (κ1) is 8.24. The molecule has 1 heterocycles. The lowest BCUT2D eigenvalue weighted by molar-refractivity contribution is -0.483. The normalized spacial score (nSPS) is 16.4. The summed E-state index contributed by atoms with van der Waals surface area (Å²) >= 11 is 0. The van der Waals surface area contributed by atoms with E-state index in [-0.39, 0.29) is 0 Å². The van der Waals surface area contributed by atoms with E-state index in [0.29, 0.717) is 0 Å². The molecule has 0 aliphatic carbocycles. The summed E-state index contributed by atoms with van der Waals surface area (Å²) in [6.45, 7) is 1.03. The van der Waals surface area contributed by atoms with Crippen molar-refractivity contribution in [2.75, 3.05) is 13.6 Å². The minimum absolute atomic E-state index is 1.03. The fraction of sp³-hybridized carbons (Fsp3) is 0.250. The minimum Gasteiger partial charge on any atom is -0.238 e. The molecule has 1 aliphatic heterocycles. The van der Waals surface area contributed by atoms with Crippen LogP contribution in [0.1, 0.15) is 12.0 Å². The number of benzene rings is 1. The molecule has 1 nitrogen and oxygen atoms in total. The van der Waals surface area contributed by atoms with E-state index in [1.165, 1.54) is 11.1 Å². The summed E-state index contributed by atoms with van der Waals surface area (Å²) in [4.78, 5) is 0. The zero-order chi connectivity index (χ0) is 9.10. The van der Waals surface area contributed by atoms with Crippen molar-refractivity contribution in [2.24, 2.45) is 0 Å². The van der Waals surface area contributed by atoms with E-state index in [4.69, 9.17) is 0 Å². The average molecular weight is 172 g/mol. The predicted octanol–water partition coefficient (Wildman–Crippen LogP) is 2.19. The fourth-order valence-corrected chi connectivity index (χ4v) is 1.55. The Morgan fingerprint density at radius 2 is 1.92 bits per heavy atom. The van der Waals surface area contributed by atoms with Crippen molar-refractivity contribution in [1.29, 1.82) is 0 Å². The van der Waals surface area contributed by atoms with E-state index in [9.17, 15) is 0 Å². The zero-order valence-corrected chi connectivity index (χ0v) is 7.90. The van der Waals surface area contributed by atoms with Crippen LogP contribution in [0.5, 0.6) is 0 Å². The molecule has 0 fully saturated rings. The number of hydrogen-bond acceptors (Lipinski definition) is 0. The Kier molecular flexibility index (Phi) is 2.26. The Morgan fingerprint density at radius 1 is 1.15 bits per heavy atom. The second-order valence-corrected chi connectivity index (χ2v) is 3.42. The summed E-state index contributed by atoms with van der Waals surface area (Å²) in [6.07, 6.45) is 5.60. The molecule has 0 radical (unpaired) electrons. The number of hydrogen-bond donors (Lipinski definition) is 0. The van der Waals surface area contributed by atoms with Crippen molar-refractivity contribution in [3.8, 4) is 0 Å². The molecule has 0 saturated carbocycles. The summed E-state index contributed by atoms with van der Waals surface area (Å²) in [7, 11) is 2.11. The van der Waals surface area contributed by atoms with Gasteiger partial charge in [-0.1, -0.05) is 30.3 Å². The number of rotatable bonds is 1. The molecule has 0 saturated heterocycles. The maximum Gasteiger partial charge on any atom is 0.161 e. The molecular formula is C12H14N+. The van der Waals surface area contributed by atoms with E-state index in [1.54, 1.807) is 0 Å². The van der Waals surface area contributed by atoms with E-state index in [2.05, 4.69) is 54.2 Å². The minimum atomic E-state index is 1.03. The van der Waals surface area contributed by atoms with Gasteiger partial charge in [-0.3, -0.25) is 0 Å². The second-order valence-electron chi connectivity index (χ2n) is 3.42. The largest absolute Gasteiger partial charge is 0.238 e. The molecule has 1 aromatic rings. The Morgan fingerprint density at radius 3 is 2.54 bits per heavy atom. The molecule has 0 unspecified atom stereocenters. The SMILES string of the molecule is C[N+]1=CCC(c2ccccc2)=CC1. The van der Waals surface area contributed by atoms with Gasteiger partial charge < -0.3 is 0 Å². The molecule has 0 amide bonds. The Labute approximate surface area is 79.0 Å². The van der Waals surface area contributed by atoms with Crippen LogP contribution in [0.4, 0.5) is 0 Å². The summed E-state index contributed by atoms with van der Waals surface area (Å²) in [5.74, 6) is 0. The highest BCUT2D eigenvalue weighted by molar-refractivity contribution is 5.78. The first-order valence-corrected chi connectivity index (χ1v) is 4.64. The van der Waals surface area contributed by atoms with Crippen LogP contribution < -0.4 is 0 Å². The lowest BCUT2D eigenvalue weighted by atomic mass is 10.0. The molecular weight excluding hydrogens is 158 g/mol. The van der Waals surface area contributed by atoms with E-state index < -0.39 is 0 Å². The lowest BCUT2D eigenvalue weighted by Crippen LogP contribution is -2.12. The van der Waals surface area contributed by atoms with Crippen molar-refractivity contribution in [3.05, 3.63) is 42.0 Å². The quantitative estimate of drug-likeness (QED) is 0.571. The molecule has 1 aromatic carbocycles. The van der Waals surface area contributed by atoms with Gasteiger partial charge in [0.1, 0.15) is 13.3 Å². The summed E-state index contributed by atoms with van der Waals surface area (Å²) in [5.41, 5.74) is 2.80. The van der Waals surface area contributed by atoms with Crippen molar-refractivity contribution >= 4 is 11.8 Å². The molecule has 1 heteroatoms. The van der Waals surface area contributed by atoms with Gasteiger partial charge in [-0.25, -0.2) is 4.58 Å². The molecule has 0 spiro atoms. The summed E-state index contributed by atoms with van der Waals surface area (Å²) < 4.78 is 2.21. The molecule has 0 atom stereocenters. The van der Waals surface area contributed by atoms with Gasteiger partial charge in [0, 0.05) is 0 Å². The Bertz CT molecular complexity index is 347. The van der Waals surface area contributed by atoms with Crippen molar-refractivity contribution < 1.29 is 4.58 Å². The van der Waals surface area contributed by atoms with Crippen LogP contribution in [-0.2, 0) is 0 Å². The van der Waals surface area contributed by atoms with Gasteiger partial charge >= 0.3 is 0 Å². The third-order valence-electron chi connectivity index (χ3n) is 2.39. The fourth-order valence-electron chi connectivity index (χ4n) is 1.55. The van der Waals surface area contributed by atoms with Crippen LogP contribution in [-0.4, -0.2) is 24.4 Å². The van der Waals surface area contributed by atoms with Crippen molar-refractivity contribution in [2.45, 2.75) is 6.42 Å². The predicted molar refractivity (Wildman–Crippen MR) is 56.2 cm³/mol. The molecule has 2 rings (SSSR count). The first-order valence-electron chi connectivity index (χ1n) is 4.64. The second kappa shape index (κ2) is 3.56. The van der Waals surface area contributed by atoms with Gasteiger partial charge in [-0.05, 0) is 17.2 Å². The maximum absolute atomic E-state index is 2.30. The molecule has 0 N–H and O–H groups in total. The average Bonchev–Trinajstić information content (AvgIpc) is 2.20. The highest BCUT2D eigenvalue weighted by atomic mass is 14.9. The first-order chi connectivity index (χ1) is 6.36. The van der Waals surface area contributed by atoms with Gasteiger partial charge in [0.2, 0.25) is 0 Å². The maximum atomic E-state index is 2.30. The highest BCUT2D eigenvalue weighted by Gasteiger charge is 2.07. The third kappa shape index (κ3) is 1.86. The topological polar surface area (TPSA) is 3.01 Å². The van der Waals surface area contributed by atoms with E-state index in [0.717, 1.165) is 13.0 Å². The number of nitrogens with zero attached hydrogens (tertiary/aromatic N) is 1. The molecule has 0 bridgehead atoms. The van der Waals surface area contributed by atoms with Crippen LogP contribution in [0.15, 0.2) is 36.4 Å². The standard InChI is InChI=1S/C12H14N/c1-13-9-7-12(8-10-13)11-5-3-2-4-6-11/h2-7,10H,8-9H2,1H3/q+1. The van der Waals surface area contributed by atoms with Gasteiger partial charge in [-0.15, -0.1) is 0 Å². The van der Waals surface area contributed by atoms with E-state index >= 15 is 0 Å². The monoisotopic (exact) mass is 172 g/mol.